The normalized spacial score (nSPS) is 11.5. The molecule has 0 spiro atoms. The van der Waals surface area contributed by atoms with Crippen molar-refractivity contribution in [1.29, 1.82) is 5.26 Å². The van der Waals surface area contributed by atoms with Gasteiger partial charge in [-0.05, 0) is 31.5 Å². The molecule has 0 radical (unpaired) electrons. The van der Waals surface area contributed by atoms with Crippen LogP contribution in [-0.2, 0) is 4.79 Å². The molecule has 0 aliphatic carbocycles. The molecule has 0 bridgehead atoms. The van der Waals surface area contributed by atoms with Crippen molar-refractivity contribution in [3.8, 4) is 11.8 Å². The molecule has 19 heavy (non-hydrogen) atoms. The number of amides is 1. The summed E-state index contributed by atoms with van der Waals surface area (Å²) in [4.78, 5) is 11.6. The van der Waals surface area contributed by atoms with Gasteiger partial charge in [-0.25, -0.2) is 0 Å². The van der Waals surface area contributed by atoms with Crippen molar-refractivity contribution in [2.45, 2.75) is 32.7 Å². The second kappa shape index (κ2) is 7.80. The predicted molar refractivity (Wildman–Crippen MR) is 76.9 cm³/mol. The van der Waals surface area contributed by atoms with Crippen molar-refractivity contribution in [2.24, 2.45) is 0 Å². The molecule has 5 heteroatoms. The van der Waals surface area contributed by atoms with Gasteiger partial charge < -0.3 is 10.1 Å². The lowest BCUT2D eigenvalue weighted by atomic mass is 10.2. The van der Waals surface area contributed by atoms with Crippen LogP contribution in [0, 0.1) is 11.3 Å². The van der Waals surface area contributed by atoms with Gasteiger partial charge in [0.1, 0.15) is 11.8 Å². The van der Waals surface area contributed by atoms with Gasteiger partial charge in [-0.1, -0.05) is 29.3 Å². The van der Waals surface area contributed by atoms with E-state index in [0.29, 0.717) is 11.3 Å². The van der Waals surface area contributed by atoms with E-state index < -0.39 is 0 Å². The average molecular weight is 325 g/mol. The Morgan fingerprint density at radius 1 is 1.58 bits per heavy atom. The molecular formula is C14H17BrN2O2. The van der Waals surface area contributed by atoms with E-state index in [9.17, 15) is 4.79 Å². The standard InChI is InChI=1S/C14H17BrN2O2/c1-3-4-10(2)17-14(18)9-19-13-6-5-12(15)7-11(13)8-16/h5-7,10H,3-4,9H2,1-2H3,(H,17,18). The summed E-state index contributed by atoms with van der Waals surface area (Å²) in [6.07, 6.45) is 1.96. The monoisotopic (exact) mass is 324 g/mol. The summed E-state index contributed by atoms with van der Waals surface area (Å²) in [6.45, 7) is 3.95. The zero-order valence-corrected chi connectivity index (χ0v) is 12.7. The molecule has 1 N–H and O–H groups in total. The van der Waals surface area contributed by atoms with E-state index in [1.54, 1.807) is 18.2 Å². The zero-order chi connectivity index (χ0) is 14.3. The van der Waals surface area contributed by atoms with E-state index in [2.05, 4.69) is 28.2 Å². The molecule has 102 valence electrons. The molecule has 1 unspecified atom stereocenters. The quantitative estimate of drug-likeness (QED) is 0.874. The minimum absolute atomic E-state index is 0.0790. The highest BCUT2D eigenvalue weighted by Crippen LogP contribution is 2.22. The fraction of sp³-hybridized carbons (Fsp3) is 0.429. The fourth-order valence-electron chi connectivity index (χ4n) is 1.68. The molecule has 1 rings (SSSR count). The number of benzene rings is 1. The molecule has 1 amide bonds. The van der Waals surface area contributed by atoms with E-state index in [-0.39, 0.29) is 18.6 Å². The number of nitrogens with zero attached hydrogens (tertiary/aromatic N) is 1. The van der Waals surface area contributed by atoms with Crippen molar-refractivity contribution in [3.63, 3.8) is 0 Å². The summed E-state index contributed by atoms with van der Waals surface area (Å²) >= 11 is 3.28. The van der Waals surface area contributed by atoms with Gasteiger partial charge in [0.15, 0.2) is 6.61 Å². The molecule has 0 saturated heterocycles. The number of ether oxygens (including phenoxy) is 1. The number of hydrogen-bond donors (Lipinski definition) is 1. The number of carbonyl (C=O) groups is 1. The first-order valence-corrected chi connectivity index (χ1v) is 6.98. The van der Waals surface area contributed by atoms with Gasteiger partial charge in [0.05, 0.1) is 5.56 Å². The summed E-state index contributed by atoms with van der Waals surface area (Å²) in [6, 6.07) is 7.28. The summed E-state index contributed by atoms with van der Waals surface area (Å²) in [5.74, 6) is 0.247. The van der Waals surface area contributed by atoms with E-state index in [1.807, 2.05) is 13.0 Å². The zero-order valence-electron chi connectivity index (χ0n) is 11.1. The molecule has 0 heterocycles. The van der Waals surface area contributed by atoms with Gasteiger partial charge in [-0.3, -0.25) is 4.79 Å². The van der Waals surface area contributed by atoms with E-state index >= 15 is 0 Å². The van der Waals surface area contributed by atoms with Gasteiger partial charge in [0.2, 0.25) is 0 Å². The molecule has 1 atom stereocenters. The maximum Gasteiger partial charge on any atom is 0.258 e. The molecule has 0 aromatic heterocycles. The van der Waals surface area contributed by atoms with Crippen molar-refractivity contribution in [1.82, 2.24) is 5.32 Å². The van der Waals surface area contributed by atoms with Crippen molar-refractivity contribution in [3.05, 3.63) is 28.2 Å². The molecule has 0 aliphatic rings. The van der Waals surface area contributed by atoms with Gasteiger partial charge in [-0.15, -0.1) is 0 Å². The number of rotatable bonds is 6. The summed E-state index contributed by atoms with van der Waals surface area (Å²) in [7, 11) is 0. The molecule has 0 aliphatic heterocycles. The first kappa shape index (κ1) is 15.5. The van der Waals surface area contributed by atoms with E-state index in [0.717, 1.165) is 17.3 Å². The molecule has 1 aromatic rings. The van der Waals surface area contributed by atoms with Crippen LogP contribution < -0.4 is 10.1 Å². The Bertz CT molecular complexity index is 483. The lowest BCUT2D eigenvalue weighted by molar-refractivity contribution is -0.123. The second-order valence-corrected chi connectivity index (χ2v) is 5.21. The first-order valence-electron chi connectivity index (χ1n) is 6.18. The third kappa shape index (κ3) is 5.31. The highest BCUT2D eigenvalue weighted by atomic mass is 79.9. The van der Waals surface area contributed by atoms with Gasteiger partial charge in [0.25, 0.3) is 5.91 Å². The molecule has 4 nitrogen and oxygen atoms in total. The lowest BCUT2D eigenvalue weighted by Gasteiger charge is -2.13. The smallest absolute Gasteiger partial charge is 0.258 e. The predicted octanol–water partition coefficient (Wildman–Crippen LogP) is 3.00. The maximum absolute atomic E-state index is 11.6. The van der Waals surface area contributed by atoms with Gasteiger partial charge in [0, 0.05) is 10.5 Å². The Kier molecular flexibility index (Phi) is 6.37. The minimum Gasteiger partial charge on any atom is -0.482 e. The van der Waals surface area contributed by atoms with Gasteiger partial charge in [-0.2, -0.15) is 5.26 Å². The second-order valence-electron chi connectivity index (χ2n) is 4.30. The fourth-order valence-corrected chi connectivity index (χ4v) is 2.04. The number of halogens is 1. The number of carbonyl (C=O) groups excluding carboxylic acids is 1. The summed E-state index contributed by atoms with van der Waals surface area (Å²) in [5.41, 5.74) is 0.406. The van der Waals surface area contributed by atoms with Crippen LogP contribution in [0.1, 0.15) is 32.3 Å². The lowest BCUT2D eigenvalue weighted by Crippen LogP contribution is -2.36. The molecular weight excluding hydrogens is 308 g/mol. The third-order valence-electron chi connectivity index (χ3n) is 2.55. The topological polar surface area (TPSA) is 62.1 Å². The van der Waals surface area contributed by atoms with Crippen LogP contribution in [0.2, 0.25) is 0 Å². The van der Waals surface area contributed by atoms with Crippen LogP contribution in [-0.4, -0.2) is 18.6 Å². The third-order valence-corrected chi connectivity index (χ3v) is 3.04. The summed E-state index contributed by atoms with van der Waals surface area (Å²) < 4.78 is 6.17. The number of hydrogen-bond acceptors (Lipinski definition) is 3. The molecule has 1 aromatic carbocycles. The highest BCUT2D eigenvalue weighted by Gasteiger charge is 2.09. The van der Waals surface area contributed by atoms with Crippen LogP contribution in [0.4, 0.5) is 0 Å². The Balaban J connectivity index is 2.53. The minimum atomic E-state index is -0.173. The highest BCUT2D eigenvalue weighted by molar-refractivity contribution is 9.10. The van der Waals surface area contributed by atoms with Crippen molar-refractivity contribution in [2.75, 3.05) is 6.61 Å². The first-order chi connectivity index (χ1) is 9.06. The Morgan fingerprint density at radius 3 is 2.95 bits per heavy atom. The SMILES string of the molecule is CCCC(C)NC(=O)COc1ccc(Br)cc1C#N. The number of nitriles is 1. The average Bonchev–Trinajstić information content (AvgIpc) is 2.37. The largest absolute Gasteiger partial charge is 0.482 e. The van der Waals surface area contributed by atoms with Crippen LogP contribution in [0.3, 0.4) is 0 Å². The number of nitrogens with one attached hydrogen (secondary N) is 1. The van der Waals surface area contributed by atoms with E-state index in [4.69, 9.17) is 10.00 Å². The molecule has 0 fully saturated rings. The van der Waals surface area contributed by atoms with Crippen molar-refractivity contribution < 1.29 is 9.53 Å². The Labute approximate surface area is 121 Å². The van der Waals surface area contributed by atoms with E-state index in [1.165, 1.54) is 0 Å². The molecule has 0 saturated carbocycles. The summed E-state index contributed by atoms with van der Waals surface area (Å²) in [5, 5.41) is 11.8. The van der Waals surface area contributed by atoms with Crippen LogP contribution >= 0.6 is 15.9 Å². The van der Waals surface area contributed by atoms with Gasteiger partial charge >= 0.3 is 0 Å². The van der Waals surface area contributed by atoms with Crippen molar-refractivity contribution >= 4 is 21.8 Å². The van der Waals surface area contributed by atoms with Crippen LogP contribution in [0.25, 0.3) is 0 Å². The Morgan fingerprint density at radius 2 is 2.32 bits per heavy atom. The van der Waals surface area contributed by atoms with Crippen LogP contribution in [0.15, 0.2) is 22.7 Å². The maximum atomic E-state index is 11.6. The Hall–Kier alpha value is -1.54. The van der Waals surface area contributed by atoms with Crippen LogP contribution in [0.5, 0.6) is 5.75 Å².